The van der Waals surface area contributed by atoms with Crippen molar-refractivity contribution in [1.29, 1.82) is 0 Å². The van der Waals surface area contributed by atoms with E-state index in [1.165, 1.54) is 0 Å². The Hall–Kier alpha value is 1.32. The molecule has 80 valence electrons. The SMILES string of the molecule is C[Si](C)(C)NP(Br)(Br)=NS(C)(=O)=O. The molecule has 0 heterocycles. The van der Waals surface area contributed by atoms with Gasteiger partial charge in [0.05, 0.1) is 6.26 Å². The van der Waals surface area contributed by atoms with Gasteiger partial charge in [0.25, 0.3) is 10.0 Å². The molecule has 0 radical (unpaired) electrons. The van der Waals surface area contributed by atoms with E-state index in [2.05, 4.69) is 59.5 Å². The van der Waals surface area contributed by atoms with Crippen molar-refractivity contribution >= 4 is 53.8 Å². The van der Waals surface area contributed by atoms with Gasteiger partial charge >= 0.3 is 0 Å². The molecule has 0 aliphatic heterocycles. The number of hydrogen-bond acceptors (Lipinski definition) is 2. The molecule has 0 fully saturated rings. The molecule has 0 aliphatic rings. The zero-order valence-electron chi connectivity index (χ0n) is 7.88. The highest BCUT2D eigenvalue weighted by Crippen LogP contribution is 2.62. The lowest BCUT2D eigenvalue weighted by molar-refractivity contribution is 0.604. The average Bonchev–Trinajstić information content (AvgIpc) is 1.43. The molecule has 0 saturated heterocycles. The minimum atomic E-state index is -3.31. The van der Waals surface area contributed by atoms with Gasteiger partial charge in [-0.2, -0.15) is 0 Å². The van der Waals surface area contributed by atoms with Gasteiger partial charge in [0.2, 0.25) is 0 Å². The molecular weight excluding hydrogens is 359 g/mol. The molecule has 0 unspecified atom stereocenters. The lowest BCUT2D eigenvalue weighted by Crippen LogP contribution is -2.36. The summed E-state index contributed by atoms with van der Waals surface area (Å²) in [5, 5.41) is 0. The zero-order valence-corrected chi connectivity index (χ0v) is 13.8. The van der Waals surface area contributed by atoms with Gasteiger partial charge in [0.1, 0.15) is 8.24 Å². The Kier molecular flexibility index (Phi) is 4.90. The van der Waals surface area contributed by atoms with Gasteiger partial charge in [-0.05, 0) is 31.0 Å². The summed E-state index contributed by atoms with van der Waals surface area (Å²) < 4.78 is 26.5. The first kappa shape index (κ1) is 14.3. The van der Waals surface area contributed by atoms with Gasteiger partial charge in [-0.3, -0.25) is 4.75 Å². The highest BCUT2D eigenvalue weighted by molar-refractivity contribution is 9.71. The van der Waals surface area contributed by atoms with Gasteiger partial charge in [-0.1, -0.05) is 19.6 Å². The quantitative estimate of drug-likeness (QED) is 0.612. The molecule has 0 atom stereocenters. The molecule has 0 aromatic carbocycles. The summed E-state index contributed by atoms with van der Waals surface area (Å²) in [6.45, 7) is 6.21. The van der Waals surface area contributed by atoms with Crippen LogP contribution in [0.2, 0.25) is 19.6 Å². The van der Waals surface area contributed by atoms with Crippen LogP contribution in [0, 0.1) is 0 Å². The zero-order chi connectivity index (χ0) is 10.9. The molecule has 0 spiro atoms. The van der Waals surface area contributed by atoms with Crippen molar-refractivity contribution in [2.75, 3.05) is 6.26 Å². The smallest absolute Gasteiger partial charge is 0.251 e. The Bertz CT molecular complexity index is 331. The van der Waals surface area contributed by atoms with E-state index in [1.54, 1.807) is 0 Å². The number of nitrogens with one attached hydrogen (secondary N) is 1. The van der Waals surface area contributed by atoms with E-state index in [0.717, 1.165) is 6.26 Å². The van der Waals surface area contributed by atoms with Crippen molar-refractivity contribution in [3.05, 3.63) is 0 Å². The van der Waals surface area contributed by atoms with Crippen LogP contribution < -0.4 is 4.75 Å². The molecule has 9 heteroatoms. The van der Waals surface area contributed by atoms with Crippen LogP contribution in [-0.2, 0) is 10.0 Å². The number of rotatable bonds is 3. The average molecular weight is 372 g/mol. The van der Waals surface area contributed by atoms with Crippen LogP contribution in [0.4, 0.5) is 0 Å². The fourth-order valence-corrected chi connectivity index (χ4v) is 19.7. The predicted octanol–water partition coefficient (Wildman–Crippen LogP) is 3.11. The fraction of sp³-hybridized carbons (Fsp3) is 1.00. The van der Waals surface area contributed by atoms with Crippen LogP contribution in [0.3, 0.4) is 0 Å². The lowest BCUT2D eigenvalue weighted by Gasteiger charge is -2.22. The summed E-state index contributed by atoms with van der Waals surface area (Å²) in [6.07, 6.45) is 1.08. The summed E-state index contributed by atoms with van der Waals surface area (Å²) in [4.78, 5) is 0. The molecule has 0 rings (SSSR count). The van der Waals surface area contributed by atoms with Crippen LogP contribution in [0.15, 0.2) is 4.15 Å². The topological polar surface area (TPSA) is 58.5 Å². The Labute approximate surface area is 96.6 Å². The van der Waals surface area contributed by atoms with E-state index < -0.39 is 22.9 Å². The van der Waals surface area contributed by atoms with E-state index in [9.17, 15) is 8.42 Å². The third kappa shape index (κ3) is 9.62. The summed E-state index contributed by atoms with van der Waals surface area (Å²) >= 11 is 6.52. The van der Waals surface area contributed by atoms with Gasteiger partial charge in [0, 0.05) is 0 Å². The molecule has 0 bridgehead atoms. The molecule has 0 aromatic rings. The molecule has 0 saturated carbocycles. The Morgan fingerprint density at radius 2 is 1.69 bits per heavy atom. The van der Waals surface area contributed by atoms with Crippen molar-refractivity contribution in [3.8, 4) is 0 Å². The highest BCUT2D eigenvalue weighted by atomic mass is 79.9. The van der Waals surface area contributed by atoms with E-state index in [-0.39, 0.29) is 0 Å². The first-order valence-corrected chi connectivity index (χ1v) is 14.6. The first-order chi connectivity index (χ1) is 5.41. The molecular formula is C4H13Br2N2O2PSSi. The third-order valence-electron chi connectivity index (χ3n) is 0.721. The molecule has 0 aromatic heterocycles. The second kappa shape index (κ2) is 4.45. The van der Waals surface area contributed by atoms with Gasteiger partial charge < -0.3 is 0 Å². The predicted molar refractivity (Wildman–Crippen MR) is 68.5 cm³/mol. The van der Waals surface area contributed by atoms with Crippen molar-refractivity contribution in [1.82, 2.24) is 4.75 Å². The first-order valence-electron chi connectivity index (χ1n) is 3.44. The second-order valence-electron chi connectivity index (χ2n) is 3.66. The minimum absolute atomic E-state index is 1.08. The summed E-state index contributed by atoms with van der Waals surface area (Å²) in [6, 6.07) is 0. The highest BCUT2D eigenvalue weighted by Gasteiger charge is 2.23. The van der Waals surface area contributed by atoms with E-state index in [0.29, 0.717) is 0 Å². The van der Waals surface area contributed by atoms with Gasteiger partial charge in [0.15, 0.2) is 4.61 Å². The third-order valence-corrected chi connectivity index (χ3v) is 12.0. The molecule has 0 aliphatic carbocycles. The Balaban J connectivity index is 4.90. The van der Waals surface area contributed by atoms with E-state index in [4.69, 9.17) is 0 Å². The standard InChI is InChI=1S/C4H13Br2N2O2PSSi/c1-12(9,10)7-11(5,6)8-13(2,3)4/h8H,1-4H3. The van der Waals surface area contributed by atoms with Crippen molar-refractivity contribution < 1.29 is 8.42 Å². The maximum atomic E-state index is 10.9. The second-order valence-corrected chi connectivity index (χ2v) is 21.2. The lowest BCUT2D eigenvalue weighted by atomic mass is 11.8. The molecule has 13 heavy (non-hydrogen) atoms. The van der Waals surface area contributed by atoms with Gasteiger partial charge in [-0.15, -0.1) is 4.15 Å². The molecule has 0 amide bonds. The maximum Gasteiger partial charge on any atom is 0.251 e. The minimum Gasteiger partial charge on any atom is -0.287 e. The van der Waals surface area contributed by atoms with Crippen LogP contribution in [0.1, 0.15) is 0 Å². The molecule has 4 nitrogen and oxygen atoms in total. The van der Waals surface area contributed by atoms with Crippen LogP contribution in [0.5, 0.6) is 0 Å². The van der Waals surface area contributed by atoms with Crippen molar-refractivity contribution in [2.24, 2.45) is 4.15 Å². The largest absolute Gasteiger partial charge is 0.287 e. The van der Waals surface area contributed by atoms with E-state index in [1.807, 2.05) is 0 Å². The van der Waals surface area contributed by atoms with Gasteiger partial charge in [-0.25, -0.2) is 8.42 Å². The molecule has 1 N–H and O–H groups in total. The van der Waals surface area contributed by atoms with Crippen molar-refractivity contribution in [2.45, 2.75) is 19.6 Å². The normalized spacial score (nSPS) is 14.3. The monoisotopic (exact) mass is 370 g/mol. The summed E-state index contributed by atoms with van der Waals surface area (Å²) in [5.41, 5.74) is 0. The van der Waals surface area contributed by atoms with Crippen molar-refractivity contribution in [3.63, 3.8) is 0 Å². The number of sulfonamides is 1. The summed E-state index contributed by atoms with van der Waals surface area (Å²) in [7, 11) is -4.86. The number of hydrogen-bond donors (Lipinski definition) is 1. The van der Waals surface area contributed by atoms with E-state index >= 15 is 0 Å². The van der Waals surface area contributed by atoms with Crippen LogP contribution in [0.25, 0.3) is 0 Å². The van der Waals surface area contributed by atoms with Crippen LogP contribution >= 0.6 is 35.6 Å². The number of nitrogens with zero attached hydrogens (tertiary/aromatic N) is 1. The fourth-order valence-electron chi connectivity index (χ4n) is 0.610. The maximum absolute atomic E-state index is 10.9. The number of halogens is 2. The summed E-state index contributed by atoms with van der Waals surface area (Å²) in [5.74, 6) is 0. The van der Waals surface area contributed by atoms with Crippen LogP contribution in [-0.4, -0.2) is 22.9 Å². The Morgan fingerprint density at radius 1 is 1.31 bits per heavy atom. The Morgan fingerprint density at radius 3 is 1.92 bits per heavy atom.